The van der Waals surface area contributed by atoms with Crippen LogP contribution >= 0.6 is 0 Å². The molecule has 17 heavy (non-hydrogen) atoms. The molecule has 2 bridgehead atoms. The van der Waals surface area contributed by atoms with Crippen molar-refractivity contribution in [2.75, 3.05) is 0 Å². The van der Waals surface area contributed by atoms with Crippen LogP contribution in [0.1, 0.15) is 72.6 Å². The van der Waals surface area contributed by atoms with Gasteiger partial charge in [0.2, 0.25) is 0 Å². The molecule has 2 aliphatic rings. The Kier molecular flexibility index (Phi) is 3.55. The van der Waals surface area contributed by atoms with Gasteiger partial charge in [0.25, 0.3) is 0 Å². The monoisotopic (exact) mass is 232 g/mol. The molecule has 2 atom stereocenters. The molecule has 0 aromatic rings. The second kappa shape index (κ2) is 4.65. The highest BCUT2D eigenvalue weighted by molar-refractivity contribution is 5.28. The highest BCUT2D eigenvalue weighted by atomic mass is 14.6. The first-order valence-electron chi connectivity index (χ1n) is 7.47. The molecule has 0 unspecified atom stereocenters. The van der Waals surface area contributed by atoms with Crippen LogP contribution in [0.3, 0.4) is 0 Å². The van der Waals surface area contributed by atoms with E-state index in [1.54, 1.807) is 5.57 Å². The van der Waals surface area contributed by atoms with Crippen molar-refractivity contribution in [3.8, 4) is 0 Å². The van der Waals surface area contributed by atoms with Crippen LogP contribution in [0.25, 0.3) is 0 Å². The number of hydrogen-bond acceptors (Lipinski definition) is 0. The standard InChI is InChI=1S/C17H28/c1-5-6-7-8-9-10-15-13-14-11-12-17(15,4)16(14,2)3/h9,14H,5-8,11-13H2,1-4H3/t10?,14-,17+/m1/s1. The summed E-state index contributed by atoms with van der Waals surface area (Å²) >= 11 is 0. The van der Waals surface area contributed by atoms with Crippen LogP contribution < -0.4 is 0 Å². The second-order valence-electron chi connectivity index (χ2n) is 6.82. The average molecular weight is 232 g/mol. The van der Waals surface area contributed by atoms with Gasteiger partial charge in [-0.25, -0.2) is 0 Å². The number of hydrogen-bond donors (Lipinski definition) is 0. The maximum absolute atomic E-state index is 3.66. The Morgan fingerprint density at radius 3 is 2.59 bits per heavy atom. The van der Waals surface area contributed by atoms with Gasteiger partial charge in [-0.3, -0.25) is 0 Å². The predicted molar refractivity (Wildman–Crippen MR) is 75.0 cm³/mol. The van der Waals surface area contributed by atoms with E-state index in [2.05, 4.69) is 39.5 Å². The fourth-order valence-electron chi connectivity index (χ4n) is 3.88. The molecule has 96 valence electrons. The van der Waals surface area contributed by atoms with Crippen molar-refractivity contribution in [3.63, 3.8) is 0 Å². The number of fused-ring (bicyclic) bond motifs is 2. The van der Waals surface area contributed by atoms with E-state index in [1.165, 1.54) is 44.9 Å². The van der Waals surface area contributed by atoms with E-state index >= 15 is 0 Å². The highest BCUT2D eigenvalue weighted by Gasteiger charge is 2.58. The van der Waals surface area contributed by atoms with Crippen molar-refractivity contribution in [3.05, 3.63) is 17.4 Å². The Morgan fingerprint density at radius 2 is 2.06 bits per heavy atom. The van der Waals surface area contributed by atoms with Crippen LogP contribution in [0.2, 0.25) is 0 Å². The van der Waals surface area contributed by atoms with Gasteiger partial charge in [0.05, 0.1) is 0 Å². The smallest absolute Gasteiger partial charge is 0.00134 e. The number of rotatable bonds is 4. The van der Waals surface area contributed by atoms with Gasteiger partial charge in [-0.2, -0.15) is 0 Å². The van der Waals surface area contributed by atoms with Gasteiger partial charge in [-0.15, -0.1) is 5.73 Å². The molecule has 0 nitrogen and oxygen atoms in total. The molecule has 0 heteroatoms. The first-order valence-corrected chi connectivity index (χ1v) is 7.47. The maximum atomic E-state index is 3.66. The summed E-state index contributed by atoms with van der Waals surface area (Å²) in [6.07, 6.45) is 11.7. The van der Waals surface area contributed by atoms with Gasteiger partial charge in [-0.1, -0.05) is 40.5 Å². The summed E-state index contributed by atoms with van der Waals surface area (Å²) in [7, 11) is 0. The third kappa shape index (κ3) is 2.02. The molecule has 2 rings (SSSR count). The first kappa shape index (κ1) is 13.0. The van der Waals surface area contributed by atoms with E-state index in [-0.39, 0.29) is 0 Å². The van der Waals surface area contributed by atoms with Crippen molar-refractivity contribution < 1.29 is 0 Å². The summed E-state index contributed by atoms with van der Waals surface area (Å²) in [5, 5.41) is 0. The summed E-state index contributed by atoms with van der Waals surface area (Å²) in [6, 6.07) is 0. The van der Waals surface area contributed by atoms with Crippen molar-refractivity contribution >= 4 is 0 Å². The van der Waals surface area contributed by atoms with Crippen LogP contribution in [0.4, 0.5) is 0 Å². The quantitative estimate of drug-likeness (QED) is 0.444. The van der Waals surface area contributed by atoms with Crippen molar-refractivity contribution in [2.45, 2.75) is 72.6 Å². The molecule has 0 N–H and O–H groups in total. The van der Waals surface area contributed by atoms with Crippen LogP contribution in [0.5, 0.6) is 0 Å². The number of unbranched alkanes of at least 4 members (excludes halogenated alkanes) is 3. The highest BCUT2D eigenvalue weighted by Crippen LogP contribution is 2.67. The lowest BCUT2D eigenvalue weighted by Gasteiger charge is -2.34. The molecule has 0 radical (unpaired) electrons. The zero-order valence-corrected chi connectivity index (χ0v) is 12.1. The van der Waals surface area contributed by atoms with Gasteiger partial charge in [0.15, 0.2) is 0 Å². The normalized spacial score (nSPS) is 33.9. The van der Waals surface area contributed by atoms with Gasteiger partial charge in [-0.05, 0) is 55.1 Å². The minimum atomic E-state index is 0.443. The van der Waals surface area contributed by atoms with Gasteiger partial charge in [0.1, 0.15) is 0 Å². The Balaban J connectivity index is 2.07. The minimum Gasteiger partial charge on any atom is -0.125 e. The lowest BCUT2D eigenvalue weighted by molar-refractivity contribution is 0.179. The van der Waals surface area contributed by atoms with Crippen LogP contribution in [-0.4, -0.2) is 0 Å². The summed E-state index contributed by atoms with van der Waals surface area (Å²) in [5.74, 6) is 0.916. The first-order chi connectivity index (χ1) is 8.02. The van der Waals surface area contributed by atoms with E-state index in [4.69, 9.17) is 0 Å². The SMILES string of the molecule is CCCCCC=C=C1C[C@H]2CC[C@]1(C)C2(C)C. The second-order valence-corrected chi connectivity index (χ2v) is 6.82. The Labute approximate surface area is 107 Å². The zero-order chi connectivity index (χ0) is 12.5. The fraction of sp³-hybridized carbons (Fsp3) is 0.824. The van der Waals surface area contributed by atoms with E-state index < -0.39 is 0 Å². The van der Waals surface area contributed by atoms with Gasteiger partial charge >= 0.3 is 0 Å². The molecule has 0 saturated heterocycles. The molecule has 2 aliphatic carbocycles. The largest absolute Gasteiger partial charge is 0.125 e. The molecular formula is C17H28. The van der Waals surface area contributed by atoms with Crippen molar-refractivity contribution in [2.24, 2.45) is 16.7 Å². The lowest BCUT2D eigenvalue weighted by Crippen LogP contribution is -2.27. The summed E-state index contributed by atoms with van der Waals surface area (Å²) < 4.78 is 0. The fourth-order valence-corrected chi connectivity index (χ4v) is 3.88. The van der Waals surface area contributed by atoms with Crippen LogP contribution in [0, 0.1) is 16.7 Å². The molecular weight excluding hydrogens is 204 g/mol. The summed E-state index contributed by atoms with van der Waals surface area (Å²) in [6.45, 7) is 9.68. The van der Waals surface area contributed by atoms with Crippen molar-refractivity contribution in [1.82, 2.24) is 0 Å². The third-order valence-corrected chi connectivity index (χ3v) is 5.78. The maximum Gasteiger partial charge on any atom is 0.00134 e. The topological polar surface area (TPSA) is 0 Å². The van der Waals surface area contributed by atoms with E-state index in [1.807, 2.05) is 0 Å². The number of allylic oxidation sites excluding steroid dienone is 1. The molecule has 0 aromatic carbocycles. The minimum absolute atomic E-state index is 0.443. The molecule has 0 amide bonds. The van der Waals surface area contributed by atoms with Crippen LogP contribution in [-0.2, 0) is 0 Å². The van der Waals surface area contributed by atoms with Crippen molar-refractivity contribution in [1.29, 1.82) is 0 Å². The lowest BCUT2D eigenvalue weighted by atomic mass is 9.69. The van der Waals surface area contributed by atoms with Crippen LogP contribution in [0.15, 0.2) is 17.4 Å². The molecule has 0 aromatic heterocycles. The van der Waals surface area contributed by atoms with E-state index in [9.17, 15) is 0 Å². The molecule has 2 fully saturated rings. The Hall–Kier alpha value is -0.480. The average Bonchev–Trinajstić information content (AvgIpc) is 2.61. The molecule has 0 aliphatic heterocycles. The Bertz CT molecular complexity index is 341. The third-order valence-electron chi connectivity index (χ3n) is 5.78. The predicted octanol–water partition coefficient (Wildman–Crippen LogP) is 5.49. The van der Waals surface area contributed by atoms with E-state index in [0.717, 1.165) is 5.92 Å². The zero-order valence-electron chi connectivity index (χ0n) is 12.1. The summed E-state index contributed by atoms with van der Waals surface area (Å²) in [4.78, 5) is 0. The molecule has 0 heterocycles. The van der Waals surface area contributed by atoms with E-state index in [0.29, 0.717) is 10.8 Å². The molecule has 2 saturated carbocycles. The van der Waals surface area contributed by atoms with Gasteiger partial charge in [0, 0.05) is 5.41 Å². The van der Waals surface area contributed by atoms with Gasteiger partial charge < -0.3 is 0 Å². The molecule has 0 spiro atoms. The summed E-state index contributed by atoms with van der Waals surface area (Å²) in [5.41, 5.74) is 6.23. The Morgan fingerprint density at radius 1 is 1.29 bits per heavy atom.